The van der Waals surface area contributed by atoms with Gasteiger partial charge in [-0.15, -0.1) is 0 Å². The van der Waals surface area contributed by atoms with Gasteiger partial charge in [0.15, 0.2) is 0 Å². The highest BCUT2D eigenvalue weighted by molar-refractivity contribution is 4.82. The van der Waals surface area contributed by atoms with Crippen molar-refractivity contribution in [2.24, 2.45) is 0 Å². The van der Waals surface area contributed by atoms with Gasteiger partial charge < -0.3 is 4.90 Å². The molecule has 0 bridgehead atoms. The molecule has 0 spiro atoms. The van der Waals surface area contributed by atoms with Crippen molar-refractivity contribution in [1.82, 2.24) is 4.90 Å². The average Bonchev–Trinajstić information content (AvgIpc) is 2.74. The molecule has 0 N–H and O–H groups in total. The van der Waals surface area contributed by atoms with Gasteiger partial charge >= 0.3 is 0 Å². The molecule has 0 aliphatic rings. The monoisotopic (exact) mass is 407 g/mol. The predicted molar refractivity (Wildman–Crippen MR) is 135 cm³/mol. The van der Waals surface area contributed by atoms with Crippen LogP contribution in [0.5, 0.6) is 0 Å². The van der Waals surface area contributed by atoms with Crippen LogP contribution in [0.25, 0.3) is 0 Å². The quantitative estimate of drug-likeness (QED) is 0.144. The zero-order chi connectivity index (χ0) is 21.3. The van der Waals surface area contributed by atoms with E-state index in [0.717, 1.165) is 0 Å². The second-order valence-electron chi connectivity index (χ2n) is 9.22. The van der Waals surface area contributed by atoms with Crippen molar-refractivity contribution < 1.29 is 0 Å². The van der Waals surface area contributed by atoms with Gasteiger partial charge in [0.1, 0.15) is 0 Å². The molecule has 1 heteroatoms. The molecule has 0 saturated heterocycles. The van der Waals surface area contributed by atoms with Gasteiger partial charge in [-0.3, -0.25) is 0 Å². The van der Waals surface area contributed by atoms with Crippen molar-refractivity contribution in [3.8, 4) is 0 Å². The first-order chi connectivity index (χ1) is 14.3. The number of allylic oxidation sites excluding steroid dienone is 1. The highest BCUT2D eigenvalue weighted by atomic mass is 15.1. The lowest BCUT2D eigenvalue weighted by Gasteiger charge is -2.19. The van der Waals surface area contributed by atoms with Crippen LogP contribution in [-0.2, 0) is 0 Å². The average molecular weight is 408 g/mol. The zero-order valence-corrected chi connectivity index (χ0v) is 20.9. The lowest BCUT2D eigenvalue weighted by atomic mass is 10.0. The molecular formula is C28H57N. The summed E-state index contributed by atoms with van der Waals surface area (Å²) in [5, 5.41) is 0. The van der Waals surface area contributed by atoms with Gasteiger partial charge in [0, 0.05) is 13.1 Å². The largest absolute Gasteiger partial charge is 0.378 e. The smallest absolute Gasteiger partial charge is 0.0172 e. The van der Waals surface area contributed by atoms with Gasteiger partial charge in [0.25, 0.3) is 0 Å². The first kappa shape index (κ1) is 28.5. The van der Waals surface area contributed by atoms with E-state index in [9.17, 15) is 0 Å². The number of rotatable bonds is 24. The molecule has 0 aromatic rings. The van der Waals surface area contributed by atoms with E-state index in [-0.39, 0.29) is 0 Å². The standard InChI is InChI=1S/C28H57N/c1-4-7-10-11-12-13-14-15-16-17-18-19-20-21-22-23-24-25-28-29(26-8-5-2)27-9-6-3/h25,28H,4-24,26-27H2,1-3H3. The summed E-state index contributed by atoms with van der Waals surface area (Å²) in [5.41, 5.74) is 0. The third-order valence-electron chi connectivity index (χ3n) is 6.14. The highest BCUT2D eigenvalue weighted by Gasteiger charge is 1.98. The molecule has 0 aliphatic heterocycles. The molecule has 0 fully saturated rings. The molecule has 0 heterocycles. The summed E-state index contributed by atoms with van der Waals surface area (Å²) in [5.74, 6) is 0. The van der Waals surface area contributed by atoms with Crippen LogP contribution in [0.2, 0.25) is 0 Å². The molecule has 0 aromatic heterocycles. The Balaban J connectivity index is 3.31. The molecule has 29 heavy (non-hydrogen) atoms. The van der Waals surface area contributed by atoms with E-state index in [2.05, 4.69) is 37.9 Å². The number of hydrogen-bond acceptors (Lipinski definition) is 1. The molecule has 1 nitrogen and oxygen atoms in total. The van der Waals surface area contributed by atoms with Gasteiger partial charge in [0.05, 0.1) is 0 Å². The summed E-state index contributed by atoms with van der Waals surface area (Å²) < 4.78 is 0. The van der Waals surface area contributed by atoms with E-state index in [4.69, 9.17) is 0 Å². The van der Waals surface area contributed by atoms with Gasteiger partial charge in [-0.1, -0.05) is 136 Å². The minimum atomic E-state index is 1.24. The maximum absolute atomic E-state index is 2.54. The molecular weight excluding hydrogens is 350 g/mol. The molecule has 0 aliphatic carbocycles. The summed E-state index contributed by atoms with van der Waals surface area (Å²) in [6.07, 6.45) is 34.6. The molecule has 0 aromatic carbocycles. The van der Waals surface area contributed by atoms with Gasteiger partial charge in [-0.25, -0.2) is 0 Å². The van der Waals surface area contributed by atoms with Gasteiger partial charge in [-0.2, -0.15) is 0 Å². The molecule has 0 atom stereocenters. The minimum absolute atomic E-state index is 1.24. The summed E-state index contributed by atoms with van der Waals surface area (Å²) in [7, 11) is 0. The predicted octanol–water partition coefficient (Wildman–Crippen LogP) is 10.1. The third-order valence-corrected chi connectivity index (χ3v) is 6.14. The van der Waals surface area contributed by atoms with Crippen LogP contribution in [0, 0.1) is 0 Å². The van der Waals surface area contributed by atoms with Gasteiger partial charge in [0.2, 0.25) is 0 Å². The molecule has 0 saturated carbocycles. The Hall–Kier alpha value is -0.460. The highest BCUT2D eigenvalue weighted by Crippen LogP contribution is 2.14. The maximum Gasteiger partial charge on any atom is 0.0172 e. The van der Waals surface area contributed by atoms with Crippen LogP contribution in [0.4, 0.5) is 0 Å². The Labute approximate surface area is 186 Å². The summed E-state index contributed by atoms with van der Waals surface area (Å²) in [6.45, 7) is 9.36. The molecule has 174 valence electrons. The summed E-state index contributed by atoms with van der Waals surface area (Å²) >= 11 is 0. The van der Waals surface area contributed by atoms with Crippen LogP contribution in [-0.4, -0.2) is 18.0 Å². The topological polar surface area (TPSA) is 3.24 Å². The fourth-order valence-corrected chi connectivity index (χ4v) is 4.02. The van der Waals surface area contributed by atoms with E-state index in [1.54, 1.807) is 0 Å². The molecule has 0 rings (SSSR count). The van der Waals surface area contributed by atoms with Crippen molar-refractivity contribution in [2.45, 2.75) is 156 Å². The van der Waals surface area contributed by atoms with Crippen LogP contribution < -0.4 is 0 Å². The fraction of sp³-hybridized carbons (Fsp3) is 0.929. The Bertz CT molecular complexity index is 301. The van der Waals surface area contributed by atoms with Crippen molar-refractivity contribution in [3.63, 3.8) is 0 Å². The zero-order valence-electron chi connectivity index (χ0n) is 20.9. The Kier molecular flexibility index (Phi) is 25.2. The van der Waals surface area contributed by atoms with E-state index < -0.39 is 0 Å². The van der Waals surface area contributed by atoms with E-state index in [1.807, 2.05) is 0 Å². The van der Waals surface area contributed by atoms with Crippen LogP contribution >= 0.6 is 0 Å². The molecule has 0 amide bonds. The molecule has 0 radical (unpaired) electrons. The normalized spacial score (nSPS) is 11.6. The first-order valence-corrected chi connectivity index (χ1v) is 13.8. The second-order valence-corrected chi connectivity index (χ2v) is 9.22. The van der Waals surface area contributed by atoms with E-state index >= 15 is 0 Å². The number of hydrogen-bond donors (Lipinski definition) is 0. The van der Waals surface area contributed by atoms with Crippen molar-refractivity contribution in [3.05, 3.63) is 12.3 Å². The SMILES string of the molecule is CCCCCCCCCCCCCCCCCCC=CN(CCCC)CCCC. The maximum atomic E-state index is 2.54. The second kappa shape index (κ2) is 25.6. The third kappa shape index (κ3) is 23.7. The Morgan fingerprint density at radius 2 is 0.759 bits per heavy atom. The molecule has 0 unspecified atom stereocenters. The van der Waals surface area contributed by atoms with Crippen molar-refractivity contribution in [1.29, 1.82) is 0 Å². The minimum Gasteiger partial charge on any atom is -0.378 e. The van der Waals surface area contributed by atoms with Crippen molar-refractivity contribution >= 4 is 0 Å². The van der Waals surface area contributed by atoms with Crippen LogP contribution in [0.15, 0.2) is 12.3 Å². The number of nitrogens with zero attached hydrogens (tertiary/aromatic N) is 1. The first-order valence-electron chi connectivity index (χ1n) is 13.8. The number of unbranched alkanes of at least 4 members (excludes halogenated alkanes) is 18. The fourth-order valence-electron chi connectivity index (χ4n) is 4.02. The summed E-state index contributed by atoms with van der Waals surface area (Å²) in [4.78, 5) is 2.54. The lowest BCUT2D eigenvalue weighted by Crippen LogP contribution is -2.19. The van der Waals surface area contributed by atoms with Crippen molar-refractivity contribution in [2.75, 3.05) is 13.1 Å². The lowest BCUT2D eigenvalue weighted by molar-refractivity contribution is 0.359. The van der Waals surface area contributed by atoms with Gasteiger partial charge in [-0.05, 0) is 31.9 Å². The summed E-state index contributed by atoms with van der Waals surface area (Å²) in [6, 6.07) is 0. The van der Waals surface area contributed by atoms with E-state index in [1.165, 1.54) is 148 Å². The van der Waals surface area contributed by atoms with Crippen LogP contribution in [0.1, 0.15) is 156 Å². The Morgan fingerprint density at radius 3 is 1.14 bits per heavy atom. The van der Waals surface area contributed by atoms with Crippen LogP contribution in [0.3, 0.4) is 0 Å². The Morgan fingerprint density at radius 1 is 0.414 bits per heavy atom. The van der Waals surface area contributed by atoms with E-state index in [0.29, 0.717) is 0 Å².